The van der Waals surface area contributed by atoms with Crippen LogP contribution in [0.1, 0.15) is 10.5 Å². The van der Waals surface area contributed by atoms with Gasteiger partial charge in [-0.25, -0.2) is 9.78 Å². The second-order valence-electron chi connectivity index (χ2n) is 3.20. The van der Waals surface area contributed by atoms with E-state index in [4.69, 9.17) is 28.3 Å². The number of hydrogen-bond acceptors (Lipinski definition) is 5. The van der Waals surface area contributed by atoms with Crippen molar-refractivity contribution in [1.82, 2.24) is 10.3 Å². The Morgan fingerprint density at radius 1 is 1.50 bits per heavy atom. The third-order valence-electron chi connectivity index (χ3n) is 2.00. The summed E-state index contributed by atoms with van der Waals surface area (Å²) in [7, 11) is 1.14. The largest absolute Gasteiger partial charge is 0.467 e. The summed E-state index contributed by atoms with van der Waals surface area (Å²) in [6.45, 7) is -0.601. The smallest absolute Gasteiger partial charge is 0.330 e. The maximum absolute atomic E-state index is 11.8. The molecule has 1 amide bonds. The number of aliphatic hydroxyl groups is 1. The summed E-state index contributed by atoms with van der Waals surface area (Å²) in [5.74, 6) is -1.50. The van der Waals surface area contributed by atoms with Crippen LogP contribution in [0.5, 0.6) is 0 Å². The number of rotatable bonds is 4. The molecular weight excluding hydrogens is 283 g/mol. The van der Waals surface area contributed by atoms with Crippen LogP contribution in [-0.4, -0.2) is 41.7 Å². The molecule has 1 heterocycles. The number of nitrogens with zero attached hydrogens (tertiary/aromatic N) is 1. The molecule has 0 radical (unpaired) electrons. The van der Waals surface area contributed by atoms with E-state index in [1.165, 1.54) is 12.1 Å². The predicted octanol–water partition coefficient (Wildman–Crippen LogP) is 0.652. The molecule has 8 heteroatoms. The van der Waals surface area contributed by atoms with Crippen molar-refractivity contribution in [2.75, 3.05) is 13.7 Å². The molecule has 1 aromatic heterocycles. The molecule has 0 bridgehead atoms. The number of amides is 1. The Morgan fingerprint density at radius 3 is 2.72 bits per heavy atom. The van der Waals surface area contributed by atoms with Gasteiger partial charge in [-0.2, -0.15) is 0 Å². The van der Waals surface area contributed by atoms with Crippen molar-refractivity contribution in [2.24, 2.45) is 0 Å². The van der Waals surface area contributed by atoms with Gasteiger partial charge in [-0.1, -0.05) is 23.2 Å². The molecule has 1 atom stereocenters. The third-order valence-corrected chi connectivity index (χ3v) is 2.52. The van der Waals surface area contributed by atoms with Crippen LogP contribution >= 0.6 is 23.2 Å². The van der Waals surface area contributed by atoms with Gasteiger partial charge in [-0.3, -0.25) is 4.79 Å². The Hall–Kier alpha value is -1.37. The lowest BCUT2D eigenvalue weighted by molar-refractivity contribution is -0.143. The van der Waals surface area contributed by atoms with Crippen molar-refractivity contribution in [1.29, 1.82) is 0 Å². The van der Waals surface area contributed by atoms with E-state index in [-0.39, 0.29) is 15.9 Å². The van der Waals surface area contributed by atoms with Crippen molar-refractivity contribution in [3.8, 4) is 0 Å². The minimum absolute atomic E-state index is 0.0819. The summed E-state index contributed by atoms with van der Waals surface area (Å²) in [6.07, 6.45) is 0. The molecule has 0 saturated carbocycles. The Bertz CT molecular complexity index is 467. The van der Waals surface area contributed by atoms with Crippen LogP contribution < -0.4 is 5.32 Å². The molecule has 18 heavy (non-hydrogen) atoms. The van der Waals surface area contributed by atoms with Crippen LogP contribution in [0.25, 0.3) is 0 Å². The zero-order valence-electron chi connectivity index (χ0n) is 9.31. The zero-order chi connectivity index (χ0) is 13.7. The highest BCUT2D eigenvalue weighted by molar-refractivity contribution is 6.34. The number of carbonyl (C=O) groups is 2. The van der Waals surface area contributed by atoms with Gasteiger partial charge in [-0.15, -0.1) is 0 Å². The second-order valence-corrected chi connectivity index (χ2v) is 3.99. The number of esters is 1. The molecule has 0 aliphatic carbocycles. The lowest BCUT2D eigenvalue weighted by Gasteiger charge is -2.13. The van der Waals surface area contributed by atoms with Gasteiger partial charge >= 0.3 is 5.97 Å². The van der Waals surface area contributed by atoms with E-state index in [1.807, 2.05) is 0 Å². The van der Waals surface area contributed by atoms with Crippen LogP contribution in [0.2, 0.25) is 10.2 Å². The lowest BCUT2D eigenvalue weighted by atomic mass is 10.2. The van der Waals surface area contributed by atoms with Crippen LogP contribution in [0.3, 0.4) is 0 Å². The number of halogens is 2. The molecule has 0 fully saturated rings. The fourth-order valence-electron chi connectivity index (χ4n) is 1.13. The van der Waals surface area contributed by atoms with Crippen molar-refractivity contribution in [2.45, 2.75) is 6.04 Å². The van der Waals surface area contributed by atoms with Gasteiger partial charge < -0.3 is 15.2 Å². The Labute approximate surface area is 113 Å². The fraction of sp³-hybridized carbons (Fsp3) is 0.300. The molecule has 1 unspecified atom stereocenters. The summed E-state index contributed by atoms with van der Waals surface area (Å²) >= 11 is 11.4. The third kappa shape index (κ3) is 3.56. The van der Waals surface area contributed by atoms with Gasteiger partial charge in [0.05, 0.1) is 18.7 Å². The standard InChI is InChI=1S/C10H10Cl2N2O4/c1-18-10(17)6(4-15)13-9(16)8-5(11)2-3-7(12)14-8/h2-3,6,15H,4H2,1H3,(H,13,16). The van der Waals surface area contributed by atoms with Crippen LogP contribution in [0.4, 0.5) is 0 Å². The highest BCUT2D eigenvalue weighted by Crippen LogP contribution is 2.16. The normalized spacial score (nSPS) is 11.8. The molecule has 0 aliphatic heterocycles. The molecule has 1 rings (SSSR count). The minimum Gasteiger partial charge on any atom is -0.467 e. The minimum atomic E-state index is -1.18. The maximum Gasteiger partial charge on any atom is 0.330 e. The molecule has 98 valence electrons. The number of methoxy groups -OCH3 is 1. The predicted molar refractivity (Wildman–Crippen MR) is 64.6 cm³/mol. The summed E-state index contributed by atoms with van der Waals surface area (Å²) in [5, 5.41) is 11.4. The van der Waals surface area contributed by atoms with Gasteiger partial charge in [0.25, 0.3) is 5.91 Å². The topological polar surface area (TPSA) is 88.5 Å². The first-order valence-electron chi connectivity index (χ1n) is 4.81. The van der Waals surface area contributed by atoms with Crippen molar-refractivity contribution < 1.29 is 19.4 Å². The van der Waals surface area contributed by atoms with E-state index < -0.39 is 24.5 Å². The summed E-state index contributed by atoms with van der Waals surface area (Å²) in [4.78, 5) is 26.7. The molecular formula is C10H10Cl2N2O4. The van der Waals surface area contributed by atoms with E-state index in [0.717, 1.165) is 7.11 Å². The van der Waals surface area contributed by atoms with E-state index in [9.17, 15) is 9.59 Å². The first kappa shape index (κ1) is 14.7. The number of ether oxygens (including phenoxy) is 1. The molecule has 0 saturated heterocycles. The van der Waals surface area contributed by atoms with Crippen LogP contribution in [0, 0.1) is 0 Å². The molecule has 1 aromatic rings. The number of nitrogens with one attached hydrogen (secondary N) is 1. The summed E-state index contributed by atoms with van der Waals surface area (Å²) in [6, 6.07) is 1.64. The number of hydrogen-bond donors (Lipinski definition) is 2. The van der Waals surface area contributed by atoms with Crippen LogP contribution in [-0.2, 0) is 9.53 Å². The van der Waals surface area contributed by atoms with Crippen LogP contribution in [0.15, 0.2) is 12.1 Å². The Balaban J connectivity index is 2.87. The average Bonchev–Trinajstić information content (AvgIpc) is 2.37. The molecule has 0 spiro atoms. The number of pyridine rings is 1. The monoisotopic (exact) mass is 292 g/mol. The Morgan fingerprint density at radius 2 is 2.17 bits per heavy atom. The molecule has 6 nitrogen and oxygen atoms in total. The average molecular weight is 293 g/mol. The molecule has 0 aliphatic rings. The number of aromatic nitrogens is 1. The highest BCUT2D eigenvalue weighted by Gasteiger charge is 2.23. The van der Waals surface area contributed by atoms with Gasteiger partial charge in [0.15, 0.2) is 6.04 Å². The van der Waals surface area contributed by atoms with E-state index in [0.29, 0.717) is 0 Å². The van der Waals surface area contributed by atoms with E-state index in [1.54, 1.807) is 0 Å². The van der Waals surface area contributed by atoms with Gasteiger partial charge in [0, 0.05) is 0 Å². The second kappa shape index (κ2) is 6.53. The van der Waals surface area contributed by atoms with Gasteiger partial charge in [0.2, 0.25) is 0 Å². The highest BCUT2D eigenvalue weighted by atomic mass is 35.5. The first-order valence-corrected chi connectivity index (χ1v) is 5.56. The maximum atomic E-state index is 11.8. The van der Waals surface area contributed by atoms with Crippen molar-refractivity contribution in [3.05, 3.63) is 28.0 Å². The lowest BCUT2D eigenvalue weighted by Crippen LogP contribution is -2.44. The summed E-state index contributed by atoms with van der Waals surface area (Å²) in [5.41, 5.74) is -0.133. The Kier molecular flexibility index (Phi) is 5.33. The number of aliphatic hydroxyl groups excluding tert-OH is 1. The van der Waals surface area contributed by atoms with Crippen molar-refractivity contribution >= 4 is 35.1 Å². The van der Waals surface area contributed by atoms with E-state index in [2.05, 4.69) is 15.0 Å². The van der Waals surface area contributed by atoms with Gasteiger partial charge in [0.1, 0.15) is 10.8 Å². The fourth-order valence-corrected chi connectivity index (χ4v) is 1.46. The molecule has 0 aromatic carbocycles. The molecule has 2 N–H and O–H groups in total. The van der Waals surface area contributed by atoms with Gasteiger partial charge in [-0.05, 0) is 12.1 Å². The summed E-state index contributed by atoms with van der Waals surface area (Å²) < 4.78 is 4.40. The first-order chi connectivity index (χ1) is 8.49. The number of carbonyl (C=O) groups excluding carboxylic acids is 2. The zero-order valence-corrected chi connectivity index (χ0v) is 10.8. The van der Waals surface area contributed by atoms with E-state index >= 15 is 0 Å². The quantitative estimate of drug-likeness (QED) is 0.628. The van der Waals surface area contributed by atoms with Crippen molar-refractivity contribution in [3.63, 3.8) is 0 Å². The SMILES string of the molecule is COC(=O)C(CO)NC(=O)c1nc(Cl)ccc1Cl.